The average molecular weight is 260 g/mol. The lowest BCUT2D eigenvalue weighted by Crippen LogP contribution is -2.30. The fourth-order valence-electron chi connectivity index (χ4n) is 0.850. The van der Waals surface area contributed by atoms with Crippen molar-refractivity contribution in [1.82, 2.24) is 0 Å². The van der Waals surface area contributed by atoms with Crippen LogP contribution in [0, 0.1) is 6.92 Å². The van der Waals surface area contributed by atoms with E-state index in [1.54, 1.807) is 12.1 Å². The Morgan fingerprint density at radius 3 is 2.17 bits per heavy atom. The van der Waals surface area contributed by atoms with Crippen molar-refractivity contribution in [3.05, 3.63) is 28.8 Å². The summed E-state index contributed by atoms with van der Waals surface area (Å²) in [6, 6.07) is 2.64. The van der Waals surface area contributed by atoms with E-state index in [2.05, 4.69) is 0 Å². The molecule has 0 amide bonds. The lowest BCUT2D eigenvalue weighted by atomic mass is 10.2. The summed E-state index contributed by atoms with van der Waals surface area (Å²) in [6.45, 7) is 1.94. The second-order valence-corrected chi connectivity index (χ2v) is 11.3. The SMILES string of the molecule is Cc1ccc([Si](Cl)(Cl)Cl)c(Cl)c1. The zero-order valence-electron chi connectivity index (χ0n) is 6.24. The van der Waals surface area contributed by atoms with Crippen molar-refractivity contribution < 1.29 is 0 Å². The molecule has 0 aliphatic heterocycles. The fourth-order valence-corrected chi connectivity index (χ4v) is 4.04. The molecule has 0 saturated heterocycles. The Morgan fingerprint density at radius 2 is 1.75 bits per heavy atom. The maximum Gasteiger partial charge on any atom is 0.374 e. The van der Waals surface area contributed by atoms with Crippen LogP contribution in [0.4, 0.5) is 0 Å². The van der Waals surface area contributed by atoms with Gasteiger partial charge < -0.3 is 0 Å². The van der Waals surface area contributed by atoms with E-state index in [0.717, 1.165) is 5.56 Å². The zero-order valence-corrected chi connectivity index (χ0v) is 10.3. The van der Waals surface area contributed by atoms with Crippen LogP contribution in [0.3, 0.4) is 0 Å². The van der Waals surface area contributed by atoms with Gasteiger partial charge in [0.15, 0.2) is 0 Å². The molecule has 12 heavy (non-hydrogen) atoms. The molecule has 0 bridgehead atoms. The number of halogens is 4. The molecule has 0 spiro atoms. The van der Waals surface area contributed by atoms with Gasteiger partial charge >= 0.3 is 6.00 Å². The predicted octanol–water partition coefficient (Wildman–Crippen LogP) is 3.51. The second kappa shape index (κ2) is 3.77. The van der Waals surface area contributed by atoms with Crippen LogP contribution in [-0.4, -0.2) is 6.00 Å². The molecule has 66 valence electrons. The van der Waals surface area contributed by atoms with E-state index in [4.69, 9.17) is 44.8 Å². The molecule has 0 aliphatic carbocycles. The zero-order chi connectivity index (χ0) is 9.35. The van der Waals surface area contributed by atoms with E-state index in [0.29, 0.717) is 10.2 Å². The number of hydrogen-bond donors (Lipinski definition) is 0. The van der Waals surface area contributed by atoms with Crippen molar-refractivity contribution in [2.75, 3.05) is 0 Å². The molecular weight excluding hydrogens is 254 g/mol. The van der Waals surface area contributed by atoms with Gasteiger partial charge in [0.1, 0.15) is 0 Å². The normalized spacial score (nSPS) is 11.8. The molecule has 0 heterocycles. The maximum absolute atomic E-state index is 5.90. The number of hydrogen-bond acceptors (Lipinski definition) is 0. The predicted molar refractivity (Wildman–Crippen MR) is 59.1 cm³/mol. The first-order valence-electron chi connectivity index (χ1n) is 3.24. The molecule has 0 aliphatic rings. The Hall–Kier alpha value is 0.597. The third kappa shape index (κ3) is 2.54. The third-order valence-corrected chi connectivity index (χ3v) is 4.78. The molecule has 1 aromatic carbocycles. The minimum atomic E-state index is -2.82. The first-order chi connectivity index (χ1) is 5.41. The molecule has 0 radical (unpaired) electrons. The van der Waals surface area contributed by atoms with Crippen molar-refractivity contribution >= 4 is 56.0 Å². The van der Waals surface area contributed by atoms with E-state index < -0.39 is 6.00 Å². The lowest BCUT2D eigenvalue weighted by molar-refractivity contribution is 1.49. The monoisotopic (exact) mass is 258 g/mol. The highest BCUT2D eigenvalue weighted by Crippen LogP contribution is 2.23. The van der Waals surface area contributed by atoms with Gasteiger partial charge in [-0.1, -0.05) is 23.7 Å². The standard InChI is InChI=1S/C7H6Cl4Si/c1-5-2-3-7(6(8)4-5)12(9,10)11/h2-4H,1H3. The van der Waals surface area contributed by atoms with Gasteiger partial charge in [-0.3, -0.25) is 0 Å². The van der Waals surface area contributed by atoms with Crippen LogP contribution in [-0.2, 0) is 0 Å². The Labute approximate surface area is 91.5 Å². The molecule has 1 rings (SSSR count). The highest BCUT2D eigenvalue weighted by atomic mass is 35.8. The number of benzene rings is 1. The Morgan fingerprint density at radius 1 is 1.17 bits per heavy atom. The van der Waals surface area contributed by atoms with Gasteiger partial charge in [0.25, 0.3) is 0 Å². The number of aryl methyl sites for hydroxylation is 1. The largest absolute Gasteiger partial charge is 0.374 e. The summed E-state index contributed by atoms with van der Waals surface area (Å²) < 4.78 is 0. The quantitative estimate of drug-likeness (QED) is 0.535. The Balaban J connectivity index is 3.19. The molecular formula is C7H6Cl4Si. The summed E-state index contributed by atoms with van der Waals surface area (Å²) in [5.41, 5.74) is 1.06. The summed E-state index contributed by atoms with van der Waals surface area (Å²) in [4.78, 5) is 0. The van der Waals surface area contributed by atoms with Crippen LogP contribution < -0.4 is 5.19 Å². The second-order valence-electron chi connectivity index (χ2n) is 2.48. The molecule has 0 N–H and O–H groups in total. The summed E-state index contributed by atoms with van der Waals surface area (Å²) >= 11 is 23.3. The van der Waals surface area contributed by atoms with E-state index in [9.17, 15) is 0 Å². The van der Waals surface area contributed by atoms with Gasteiger partial charge in [0.2, 0.25) is 0 Å². The molecule has 0 saturated carbocycles. The van der Waals surface area contributed by atoms with Gasteiger partial charge in [-0.25, -0.2) is 0 Å². The van der Waals surface area contributed by atoms with Gasteiger partial charge in [-0.2, -0.15) is 0 Å². The highest BCUT2D eigenvalue weighted by Gasteiger charge is 2.30. The van der Waals surface area contributed by atoms with Crippen LogP contribution in [0.15, 0.2) is 18.2 Å². The minimum Gasteiger partial charge on any atom is -0.121 e. The van der Waals surface area contributed by atoms with Gasteiger partial charge in [0.05, 0.1) is 0 Å². The van der Waals surface area contributed by atoms with Crippen LogP contribution in [0.25, 0.3) is 0 Å². The first-order valence-corrected chi connectivity index (χ1v) is 8.66. The Bertz CT molecular complexity index is 292. The van der Waals surface area contributed by atoms with Crippen molar-refractivity contribution in [1.29, 1.82) is 0 Å². The summed E-state index contributed by atoms with van der Waals surface area (Å²) in [6.07, 6.45) is 0. The Kier molecular flexibility index (Phi) is 3.35. The van der Waals surface area contributed by atoms with Gasteiger partial charge in [-0.15, -0.1) is 33.2 Å². The molecule has 0 unspecified atom stereocenters. The van der Waals surface area contributed by atoms with Crippen molar-refractivity contribution in [2.45, 2.75) is 6.92 Å². The van der Waals surface area contributed by atoms with E-state index in [-0.39, 0.29) is 0 Å². The van der Waals surface area contributed by atoms with Crippen LogP contribution in [0.1, 0.15) is 5.56 Å². The smallest absolute Gasteiger partial charge is 0.121 e. The summed E-state index contributed by atoms with van der Waals surface area (Å²) in [7, 11) is 0. The molecule has 0 aromatic heterocycles. The van der Waals surface area contributed by atoms with Crippen molar-refractivity contribution in [3.63, 3.8) is 0 Å². The fraction of sp³-hybridized carbons (Fsp3) is 0.143. The molecule has 0 atom stereocenters. The minimum absolute atomic E-state index is 0.543. The van der Waals surface area contributed by atoms with Gasteiger partial charge in [0, 0.05) is 10.2 Å². The molecule has 0 nitrogen and oxygen atoms in total. The number of rotatable bonds is 1. The molecule has 1 aromatic rings. The van der Waals surface area contributed by atoms with E-state index >= 15 is 0 Å². The van der Waals surface area contributed by atoms with E-state index in [1.807, 2.05) is 13.0 Å². The van der Waals surface area contributed by atoms with Crippen molar-refractivity contribution in [3.8, 4) is 0 Å². The molecule has 5 heteroatoms. The third-order valence-electron chi connectivity index (χ3n) is 1.43. The van der Waals surface area contributed by atoms with Crippen LogP contribution in [0.5, 0.6) is 0 Å². The average Bonchev–Trinajstić information content (AvgIpc) is 1.83. The highest BCUT2D eigenvalue weighted by molar-refractivity contribution is 7.69. The first kappa shape index (κ1) is 10.7. The van der Waals surface area contributed by atoms with Crippen LogP contribution in [0.2, 0.25) is 5.02 Å². The summed E-state index contributed by atoms with van der Waals surface area (Å²) in [5.74, 6) is 0. The van der Waals surface area contributed by atoms with Crippen LogP contribution >= 0.6 is 44.8 Å². The van der Waals surface area contributed by atoms with E-state index in [1.165, 1.54) is 0 Å². The van der Waals surface area contributed by atoms with Crippen molar-refractivity contribution in [2.24, 2.45) is 0 Å². The summed E-state index contributed by atoms with van der Waals surface area (Å²) in [5, 5.41) is 1.20. The van der Waals surface area contributed by atoms with Gasteiger partial charge in [-0.05, 0) is 18.6 Å². The maximum atomic E-state index is 5.90. The molecule has 0 fully saturated rings. The lowest BCUT2D eigenvalue weighted by Gasteiger charge is -2.10. The topological polar surface area (TPSA) is 0 Å².